The van der Waals surface area contributed by atoms with Gasteiger partial charge in [0, 0.05) is 0 Å². The number of hydrogen-bond donors (Lipinski definition) is 0. The molecule has 22 heavy (non-hydrogen) atoms. The number of carboxylic acid groups (broad SMARTS) is 1. The SMILES string of the molecule is CC[C@H](C(=O)[O-])N1C(=O)/C(=C/C=C/c2ccccc2)SC1=S. The van der Waals surface area contributed by atoms with Gasteiger partial charge in [0.15, 0.2) is 0 Å². The number of rotatable bonds is 5. The molecule has 0 aromatic heterocycles. The van der Waals surface area contributed by atoms with Crippen molar-refractivity contribution < 1.29 is 14.7 Å². The Morgan fingerprint density at radius 1 is 1.41 bits per heavy atom. The van der Waals surface area contributed by atoms with Crippen molar-refractivity contribution in [1.29, 1.82) is 0 Å². The van der Waals surface area contributed by atoms with E-state index in [1.54, 1.807) is 19.1 Å². The lowest BCUT2D eigenvalue weighted by Crippen LogP contribution is -2.49. The van der Waals surface area contributed by atoms with Gasteiger partial charge in [-0.1, -0.05) is 73.4 Å². The monoisotopic (exact) mass is 332 g/mol. The van der Waals surface area contributed by atoms with Gasteiger partial charge in [0.25, 0.3) is 5.91 Å². The van der Waals surface area contributed by atoms with Crippen molar-refractivity contribution >= 4 is 46.3 Å². The molecule has 1 aliphatic heterocycles. The van der Waals surface area contributed by atoms with Gasteiger partial charge in [0.2, 0.25) is 0 Å². The van der Waals surface area contributed by atoms with Gasteiger partial charge in [-0.25, -0.2) is 0 Å². The Hall–Kier alpha value is -1.92. The number of nitrogens with zero attached hydrogens (tertiary/aromatic N) is 1. The molecule has 1 atom stereocenters. The summed E-state index contributed by atoms with van der Waals surface area (Å²) in [5, 5.41) is 11.1. The molecule has 1 amide bonds. The maximum atomic E-state index is 12.3. The summed E-state index contributed by atoms with van der Waals surface area (Å²) < 4.78 is 0.250. The van der Waals surface area contributed by atoms with E-state index in [9.17, 15) is 14.7 Å². The lowest BCUT2D eigenvalue weighted by atomic mass is 10.2. The highest BCUT2D eigenvalue weighted by molar-refractivity contribution is 8.26. The number of thiocarbonyl (C=S) groups is 1. The first-order valence-corrected chi connectivity index (χ1v) is 7.96. The molecule has 0 aliphatic carbocycles. The molecule has 1 fully saturated rings. The summed E-state index contributed by atoms with van der Waals surface area (Å²) in [6, 6.07) is 8.64. The number of allylic oxidation sites excluding steroid dienone is 2. The average molecular weight is 332 g/mol. The molecule has 1 saturated heterocycles. The van der Waals surface area contributed by atoms with E-state index in [2.05, 4.69) is 0 Å². The molecule has 0 N–H and O–H groups in total. The number of amides is 1. The van der Waals surface area contributed by atoms with Crippen LogP contribution in [0.2, 0.25) is 0 Å². The number of carboxylic acids is 1. The molecule has 2 rings (SSSR count). The van der Waals surface area contributed by atoms with E-state index in [0.29, 0.717) is 4.91 Å². The zero-order chi connectivity index (χ0) is 16.1. The molecule has 1 aromatic rings. The highest BCUT2D eigenvalue weighted by Gasteiger charge is 2.36. The van der Waals surface area contributed by atoms with Gasteiger partial charge in [-0.2, -0.15) is 0 Å². The van der Waals surface area contributed by atoms with Crippen LogP contribution in [0.15, 0.2) is 47.4 Å². The van der Waals surface area contributed by atoms with Crippen LogP contribution in [0.5, 0.6) is 0 Å². The van der Waals surface area contributed by atoms with E-state index in [0.717, 1.165) is 22.2 Å². The molecule has 1 heterocycles. The number of hydrogen-bond acceptors (Lipinski definition) is 5. The fraction of sp³-hybridized carbons (Fsp3) is 0.188. The maximum absolute atomic E-state index is 12.3. The Labute approximate surface area is 138 Å². The summed E-state index contributed by atoms with van der Waals surface area (Å²) >= 11 is 6.22. The predicted octanol–water partition coefficient (Wildman–Crippen LogP) is 1.97. The van der Waals surface area contributed by atoms with Crippen LogP contribution < -0.4 is 5.11 Å². The van der Waals surface area contributed by atoms with Crippen molar-refractivity contribution in [3.05, 3.63) is 53.0 Å². The Kier molecular flexibility index (Phi) is 5.51. The minimum absolute atomic E-state index is 0.250. The van der Waals surface area contributed by atoms with Crippen LogP contribution in [0.3, 0.4) is 0 Å². The highest BCUT2D eigenvalue weighted by atomic mass is 32.2. The number of aliphatic carboxylic acids is 1. The number of thioether (sulfide) groups is 1. The lowest BCUT2D eigenvalue weighted by molar-refractivity contribution is -0.310. The molecular formula is C16H14NO3S2-. The topological polar surface area (TPSA) is 60.4 Å². The largest absolute Gasteiger partial charge is 0.548 e. The fourth-order valence-corrected chi connectivity index (χ4v) is 3.34. The third kappa shape index (κ3) is 3.64. The van der Waals surface area contributed by atoms with E-state index >= 15 is 0 Å². The predicted molar refractivity (Wildman–Crippen MR) is 89.7 cm³/mol. The summed E-state index contributed by atoms with van der Waals surface area (Å²) in [4.78, 5) is 24.9. The molecule has 4 nitrogen and oxygen atoms in total. The van der Waals surface area contributed by atoms with Crippen molar-refractivity contribution in [3.63, 3.8) is 0 Å². The van der Waals surface area contributed by atoms with Gasteiger partial charge in [0.05, 0.1) is 16.9 Å². The van der Waals surface area contributed by atoms with Crippen LogP contribution in [0.25, 0.3) is 6.08 Å². The van der Waals surface area contributed by atoms with Gasteiger partial charge in [0.1, 0.15) is 4.32 Å². The Morgan fingerprint density at radius 2 is 2.09 bits per heavy atom. The third-order valence-corrected chi connectivity index (χ3v) is 4.48. The van der Waals surface area contributed by atoms with Gasteiger partial charge in [-0.3, -0.25) is 9.69 Å². The van der Waals surface area contributed by atoms with Crippen molar-refractivity contribution in [2.45, 2.75) is 19.4 Å². The molecule has 1 aromatic carbocycles. The molecule has 1 aliphatic rings. The molecule has 0 unspecified atom stereocenters. The summed E-state index contributed by atoms with van der Waals surface area (Å²) in [6.07, 6.45) is 5.51. The van der Waals surface area contributed by atoms with E-state index < -0.39 is 12.0 Å². The summed E-state index contributed by atoms with van der Waals surface area (Å²) in [5.74, 6) is -1.68. The van der Waals surface area contributed by atoms with Gasteiger partial charge in [-0.15, -0.1) is 0 Å². The van der Waals surface area contributed by atoms with Crippen molar-refractivity contribution in [3.8, 4) is 0 Å². The lowest BCUT2D eigenvalue weighted by Gasteiger charge is -2.26. The van der Waals surface area contributed by atoms with Crippen molar-refractivity contribution in [2.75, 3.05) is 0 Å². The van der Waals surface area contributed by atoms with Gasteiger partial charge >= 0.3 is 0 Å². The van der Waals surface area contributed by atoms with E-state index in [1.807, 2.05) is 36.4 Å². The van der Waals surface area contributed by atoms with Crippen LogP contribution >= 0.6 is 24.0 Å². The van der Waals surface area contributed by atoms with Gasteiger partial charge in [-0.05, 0) is 18.1 Å². The number of benzene rings is 1. The first-order valence-electron chi connectivity index (χ1n) is 6.74. The standard InChI is InChI=1S/C16H15NO3S2/c1-2-12(15(19)20)17-14(18)13(22-16(17)21)10-6-9-11-7-4-3-5-8-11/h3-10,12H,2H2,1H3,(H,19,20)/p-1/b9-6+,13-10-/t12-/m1/s1. The van der Waals surface area contributed by atoms with Crippen LogP contribution in [0, 0.1) is 0 Å². The first kappa shape index (κ1) is 16.5. The van der Waals surface area contributed by atoms with E-state index in [-0.39, 0.29) is 16.6 Å². The Bertz CT molecular complexity index is 653. The average Bonchev–Trinajstić information content (AvgIpc) is 2.77. The van der Waals surface area contributed by atoms with E-state index in [1.165, 1.54) is 0 Å². The summed E-state index contributed by atoms with van der Waals surface area (Å²) in [5.41, 5.74) is 1.01. The maximum Gasteiger partial charge on any atom is 0.266 e. The van der Waals surface area contributed by atoms with Crippen LogP contribution in [-0.4, -0.2) is 27.1 Å². The quantitative estimate of drug-likeness (QED) is 0.609. The zero-order valence-corrected chi connectivity index (χ0v) is 13.5. The minimum Gasteiger partial charge on any atom is -0.548 e. The molecule has 0 radical (unpaired) electrons. The van der Waals surface area contributed by atoms with Crippen molar-refractivity contribution in [2.24, 2.45) is 0 Å². The van der Waals surface area contributed by atoms with Crippen LogP contribution in [0.1, 0.15) is 18.9 Å². The minimum atomic E-state index is -1.29. The van der Waals surface area contributed by atoms with E-state index in [4.69, 9.17) is 12.2 Å². The fourth-order valence-electron chi connectivity index (χ4n) is 2.03. The molecule has 0 bridgehead atoms. The normalized spacial score (nSPS) is 18.4. The van der Waals surface area contributed by atoms with Crippen LogP contribution in [-0.2, 0) is 9.59 Å². The second-order valence-electron chi connectivity index (χ2n) is 4.59. The van der Waals surface area contributed by atoms with Crippen molar-refractivity contribution in [1.82, 2.24) is 4.90 Å². The van der Waals surface area contributed by atoms with Crippen LogP contribution in [0.4, 0.5) is 0 Å². The summed E-state index contributed by atoms with van der Waals surface area (Å²) in [6.45, 7) is 1.68. The smallest absolute Gasteiger partial charge is 0.266 e. The molecule has 6 heteroatoms. The highest BCUT2D eigenvalue weighted by Crippen LogP contribution is 2.33. The number of carbonyl (C=O) groups is 2. The second kappa shape index (κ2) is 7.38. The number of carbonyl (C=O) groups excluding carboxylic acids is 2. The molecule has 0 saturated carbocycles. The second-order valence-corrected chi connectivity index (χ2v) is 6.26. The zero-order valence-electron chi connectivity index (χ0n) is 11.9. The Morgan fingerprint density at radius 3 is 2.68 bits per heavy atom. The summed E-state index contributed by atoms with van der Waals surface area (Å²) in [7, 11) is 0. The molecule has 114 valence electrons. The third-order valence-electron chi connectivity index (χ3n) is 3.13. The van der Waals surface area contributed by atoms with Gasteiger partial charge < -0.3 is 9.90 Å². The first-order chi connectivity index (χ1) is 10.5. The molecule has 0 spiro atoms. The Balaban J connectivity index is 2.16. The molecular weight excluding hydrogens is 318 g/mol.